The SMILES string of the molecule is CC(C)(C)[PH+](c1ccccc1)C(C)(C)C.CN(C)c1ccncc1.F[P-](F)(F)(F)(F)F.[Ag+].c1ccc(-c2ccccn2)nc1. The van der Waals surface area contributed by atoms with E-state index in [1.807, 2.05) is 67.5 Å². The van der Waals surface area contributed by atoms with Gasteiger partial charge in [-0.2, -0.15) is 0 Å². The number of halogens is 6. The van der Waals surface area contributed by atoms with E-state index >= 15 is 0 Å². The number of nitrogens with zero attached hydrogens (tertiary/aromatic N) is 4. The molecule has 248 valence electrons. The van der Waals surface area contributed by atoms with Crippen LogP contribution in [-0.4, -0.2) is 39.4 Å². The van der Waals surface area contributed by atoms with E-state index < -0.39 is 15.7 Å². The first-order valence-corrected chi connectivity index (χ1v) is 16.9. The van der Waals surface area contributed by atoms with Crippen molar-refractivity contribution in [1.82, 2.24) is 15.0 Å². The summed E-state index contributed by atoms with van der Waals surface area (Å²) in [5.41, 5.74) is 3.02. The molecule has 0 aliphatic heterocycles. The molecule has 0 spiro atoms. The second kappa shape index (κ2) is 16.3. The summed E-state index contributed by atoms with van der Waals surface area (Å²) in [6, 6.07) is 26.6. The molecule has 1 aromatic carbocycles. The number of benzene rings is 1. The minimum absolute atomic E-state index is 0. The molecule has 0 saturated heterocycles. The molecule has 0 N–H and O–H groups in total. The van der Waals surface area contributed by atoms with E-state index in [0.717, 1.165) is 11.4 Å². The van der Waals surface area contributed by atoms with Crippen molar-refractivity contribution in [3.05, 3.63) is 104 Å². The van der Waals surface area contributed by atoms with E-state index in [9.17, 15) is 25.2 Å². The minimum Gasteiger partial charge on any atom is -0.255 e. The fourth-order valence-corrected chi connectivity index (χ4v) is 8.77. The molecule has 0 atom stereocenters. The average Bonchev–Trinajstić information content (AvgIpc) is 2.88. The summed E-state index contributed by atoms with van der Waals surface area (Å²) in [7, 11) is -7.19. The number of aromatic nitrogens is 3. The fourth-order valence-electron chi connectivity index (χ4n) is 4.27. The molecule has 4 aromatic rings. The van der Waals surface area contributed by atoms with E-state index in [2.05, 4.69) is 86.8 Å². The smallest absolute Gasteiger partial charge is 0.255 e. The van der Waals surface area contributed by atoms with Gasteiger partial charge >= 0.3 is 55.4 Å². The summed E-state index contributed by atoms with van der Waals surface area (Å²) in [5, 5.41) is 2.37. The van der Waals surface area contributed by atoms with Gasteiger partial charge in [-0.1, -0.05) is 30.3 Å². The van der Waals surface area contributed by atoms with Crippen LogP contribution in [0.15, 0.2) is 104 Å². The van der Waals surface area contributed by atoms with E-state index in [1.54, 1.807) is 30.1 Å². The first-order valence-electron chi connectivity index (χ1n) is 13.3. The standard InChI is InChI=1S/C14H23P.C10H8N2.C7H10N2.Ag.F6P/c1-13(2,3)15(14(4,5)6)12-10-8-7-9-11-12;1-3-7-11-9(5-1)10-6-2-4-8-12-10;1-9(2)7-3-5-8-6-4-7;;1-7(2,3,4,5)6/h7-11H,1-6H3;1-8H;3-6H,1-2H3;;/q;;;+1;-1/p+1. The van der Waals surface area contributed by atoms with E-state index in [-0.39, 0.29) is 22.4 Å². The Morgan fingerprint density at radius 3 is 1.20 bits per heavy atom. The van der Waals surface area contributed by atoms with Crippen LogP contribution >= 0.6 is 15.7 Å². The summed E-state index contributed by atoms with van der Waals surface area (Å²) in [5.74, 6) is 0. The van der Waals surface area contributed by atoms with Gasteiger partial charge in [0.05, 0.1) is 27.0 Å². The van der Waals surface area contributed by atoms with Crippen LogP contribution in [0.2, 0.25) is 0 Å². The van der Waals surface area contributed by atoms with Crippen molar-refractivity contribution in [2.24, 2.45) is 0 Å². The third-order valence-electron chi connectivity index (χ3n) is 5.33. The van der Waals surface area contributed by atoms with Crippen LogP contribution in [0, 0.1) is 0 Å². The molecule has 13 heteroatoms. The average molecular weight is 755 g/mol. The van der Waals surface area contributed by atoms with Gasteiger partial charge in [0, 0.05) is 52.5 Å². The topological polar surface area (TPSA) is 41.9 Å². The van der Waals surface area contributed by atoms with Crippen molar-refractivity contribution in [1.29, 1.82) is 0 Å². The molecule has 4 rings (SSSR count). The van der Waals surface area contributed by atoms with Crippen LogP contribution in [0.5, 0.6) is 0 Å². The van der Waals surface area contributed by atoms with Crippen LogP contribution in [0.25, 0.3) is 11.4 Å². The van der Waals surface area contributed by atoms with Crippen LogP contribution < -0.4 is 10.2 Å². The van der Waals surface area contributed by atoms with E-state index in [4.69, 9.17) is 0 Å². The first kappa shape index (κ1) is 41.7. The monoisotopic (exact) mass is 753 g/mol. The zero-order chi connectivity index (χ0) is 33.0. The molecule has 0 saturated carbocycles. The Bertz CT molecular complexity index is 1270. The van der Waals surface area contributed by atoms with Crippen molar-refractivity contribution < 1.29 is 47.6 Å². The summed E-state index contributed by atoms with van der Waals surface area (Å²) >= 11 is 0. The molecule has 0 radical (unpaired) electrons. The largest absolute Gasteiger partial charge is 1.00 e. The Labute approximate surface area is 274 Å². The normalized spacial score (nSPS) is 12.7. The van der Waals surface area contributed by atoms with Gasteiger partial charge in [0.25, 0.3) is 0 Å². The molecular weight excluding hydrogens is 712 g/mol. The molecule has 3 aromatic heterocycles. The van der Waals surface area contributed by atoms with Crippen molar-refractivity contribution in [3.63, 3.8) is 0 Å². The molecule has 3 heterocycles. The van der Waals surface area contributed by atoms with Gasteiger partial charge in [-0.05, 0) is 90.1 Å². The predicted molar refractivity (Wildman–Crippen MR) is 173 cm³/mol. The van der Waals surface area contributed by atoms with Crippen molar-refractivity contribution in [3.8, 4) is 11.4 Å². The summed E-state index contributed by atoms with van der Waals surface area (Å²) < 4.78 is 59.2. The molecule has 0 bridgehead atoms. The Morgan fingerprint density at radius 1 is 0.568 bits per heavy atom. The summed E-state index contributed by atoms with van der Waals surface area (Å²) in [6.07, 6.45) is 7.11. The molecule has 0 unspecified atom stereocenters. The van der Waals surface area contributed by atoms with Crippen molar-refractivity contribution in [2.45, 2.75) is 51.9 Å². The fraction of sp³-hybridized carbons (Fsp3) is 0.323. The van der Waals surface area contributed by atoms with E-state index in [0.29, 0.717) is 10.3 Å². The number of hydrogen-bond donors (Lipinski definition) is 0. The molecular formula is C31H42AgF6N4P2+. The quantitative estimate of drug-likeness (QED) is 0.119. The maximum absolute atomic E-state index is 10.7. The summed E-state index contributed by atoms with van der Waals surface area (Å²) in [6.45, 7) is 14.2. The Kier molecular flexibility index (Phi) is 15.4. The van der Waals surface area contributed by atoms with Gasteiger partial charge in [-0.25, -0.2) is 0 Å². The summed E-state index contributed by atoms with van der Waals surface area (Å²) in [4.78, 5) is 14.3. The zero-order valence-corrected chi connectivity index (χ0v) is 29.5. The minimum atomic E-state index is -10.7. The molecule has 0 amide bonds. The molecule has 0 aliphatic rings. The number of rotatable bonds is 3. The Hall–Kier alpha value is -2.35. The van der Waals surface area contributed by atoms with Crippen molar-refractivity contribution in [2.75, 3.05) is 19.0 Å². The number of pyridine rings is 3. The maximum Gasteiger partial charge on any atom is 1.00 e. The van der Waals surface area contributed by atoms with Crippen LogP contribution in [0.3, 0.4) is 0 Å². The zero-order valence-electron chi connectivity index (χ0n) is 26.1. The van der Waals surface area contributed by atoms with Crippen molar-refractivity contribution >= 4 is 26.7 Å². The predicted octanol–water partition coefficient (Wildman–Crippen LogP) is 10.8. The molecule has 44 heavy (non-hydrogen) atoms. The Balaban J connectivity index is 0.000000577. The van der Waals surface area contributed by atoms with Gasteiger partial charge in [0.2, 0.25) is 0 Å². The van der Waals surface area contributed by atoms with Gasteiger partial charge in [0.1, 0.15) is 0 Å². The van der Waals surface area contributed by atoms with E-state index in [1.165, 1.54) is 5.69 Å². The number of anilines is 1. The van der Waals surface area contributed by atoms with Crippen LogP contribution in [0.4, 0.5) is 30.9 Å². The Morgan fingerprint density at radius 2 is 0.932 bits per heavy atom. The van der Waals surface area contributed by atoms with Gasteiger partial charge in [0.15, 0.2) is 0 Å². The number of hydrogen-bond acceptors (Lipinski definition) is 4. The van der Waals surface area contributed by atoms with Crippen LogP contribution in [-0.2, 0) is 22.4 Å². The third kappa shape index (κ3) is 20.6. The van der Waals surface area contributed by atoms with Crippen LogP contribution in [0.1, 0.15) is 41.5 Å². The molecule has 4 nitrogen and oxygen atoms in total. The second-order valence-electron chi connectivity index (χ2n) is 11.7. The first-order chi connectivity index (χ1) is 19.4. The third-order valence-corrected chi connectivity index (χ3v) is 9.24. The maximum atomic E-state index is 9.87. The molecule has 0 aliphatic carbocycles. The second-order valence-corrected chi connectivity index (χ2v) is 18.0. The molecule has 0 fully saturated rings. The van der Waals surface area contributed by atoms with Gasteiger partial charge < -0.3 is 4.90 Å². The van der Waals surface area contributed by atoms with Gasteiger partial charge in [-0.3, -0.25) is 15.0 Å². The van der Waals surface area contributed by atoms with Gasteiger partial charge in [-0.15, -0.1) is 0 Å².